The van der Waals surface area contributed by atoms with Crippen molar-refractivity contribution < 1.29 is 4.79 Å². The van der Waals surface area contributed by atoms with Crippen molar-refractivity contribution >= 4 is 29.1 Å². The summed E-state index contributed by atoms with van der Waals surface area (Å²) in [6.45, 7) is 0. The van der Waals surface area contributed by atoms with E-state index >= 15 is 0 Å². The highest BCUT2D eigenvalue weighted by molar-refractivity contribution is 9.58. The van der Waals surface area contributed by atoms with Gasteiger partial charge in [-0.1, -0.05) is 30.3 Å². The standard InChI is InChI=1S/C10H13BrOS/c1-13(2,11)8-10(12)9-6-4-3-5-7-9/h3-7H,8H2,1-2H3. The Balaban J connectivity index is 2.71. The third kappa shape index (κ3) is 3.96. The van der Waals surface area contributed by atoms with Crippen LogP contribution in [-0.2, 0) is 0 Å². The Bertz CT molecular complexity index is 290. The molecule has 72 valence electrons. The highest BCUT2D eigenvalue weighted by Crippen LogP contribution is 2.48. The van der Waals surface area contributed by atoms with Gasteiger partial charge < -0.3 is 0 Å². The predicted octanol–water partition coefficient (Wildman–Crippen LogP) is 3.24. The van der Waals surface area contributed by atoms with E-state index in [0.29, 0.717) is 5.75 Å². The van der Waals surface area contributed by atoms with E-state index in [1.807, 2.05) is 30.3 Å². The van der Waals surface area contributed by atoms with Crippen LogP contribution in [0.5, 0.6) is 0 Å². The molecule has 0 spiro atoms. The van der Waals surface area contributed by atoms with E-state index in [0.717, 1.165) is 5.56 Å². The fourth-order valence-corrected chi connectivity index (χ4v) is 2.43. The monoisotopic (exact) mass is 260 g/mol. The zero-order chi connectivity index (χ0) is 9.90. The molecule has 1 aromatic rings. The van der Waals surface area contributed by atoms with Crippen LogP contribution in [0.1, 0.15) is 10.4 Å². The van der Waals surface area contributed by atoms with Crippen LogP contribution in [0.3, 0.4) is 0 Å². The van der Waals surface area contributed by atoms with Gasteiger partial charge in [0.1, 0.15) is 0 Å². The SMILES string of the molecule is CS(C)(Br)CC(=O)c1ccccc1. The summed E-state index contributed by atoms with van der Waals surface area (Å²) in [7, 11) is -0.909. The Morgan fingerprint density at radius 3 is 2.31 bits per heavy atom. The summed E-state index contributed by atoms with van der Waals surface area (Å²) in [5, 5.41) is 0. The van der Waals surface area contributed by atoms with Crippen molar-refractivity contribution in [3.63, 3.8) is 0 Å². The maximum atomic E-state index is 11.7. The molecule has 0 heterocycles. The highest BCUT2D eigenvalue weighted by atomic mass is 79.9. The third-order valence-corrected chi connectivity index (χ3v) is 3.21. The summed E-state index contributed by atoms with van der Waals surface area (Å²) in [5.41, 5.74) is 0.808. The second-order valence-electron chi connectivity index (χ2n) is 3.34. The minimum atomic E-state index is -0.909. The molecule has 0 bridgehead atoms. The van der Waals surface area contributed by atoms with Crippen LogP contribution in [0.2, 0.25) is 0 Å². The van der Waals surface area contributed by atoms with E-state index in [1.54, 1.807) is 0 Å². The van der Waals surface area contributed by atoms with E-state index < -0.39 is 8.46 Å². The van der Waals surface area contributed by atoms with Gasteiger partial charge in [0.25, 0.3) is 0 Å². The fourth-order valence-electron chi connectivity index (χ4n) is 1.02. The van der Waals surface area contributed by atoms with Gasteiger partial charge in [0.15, 0.2) is 5.78 Å². The van der Waals surface area contributed by atoms with Crippen LogP contribution in [0.25, 0.3) is 0 Å². The highest BCUT2D eigenvalue weighted by Gasteiger charge is 2.13. The first-order valence-electron chi connectivity index (χ1n) is 3.98. The minimum absolute atomic E-state index is 0.220. The van der Waals surface area contributed by atoms with Gasteiger partial charge in [0.05, 0.1) is 0 Å². The van der Waals surface area contributed by atoms with E-state index in [-0.39, 0.29) is 5.78 Å². The molecule has 0 amide bonds. The molecule has 0 aromatic heterocycles. The predicted molar refractivity (Wildman–Crippen MR) is 64.0 cm³/mol. The molecule has 1 aromatic carbocycles. The minimum Gasteiger partial charge on any atom is -0.293 e. The normalized spacial score (nSPS) is 12.5. The summed E-state index contributed by atoms with van der Waals surface area (Å²) < 4.78 is 0. The molecule has 0 aliphatic carbocycles. The molecule has 0 atom stereocenters. The first-order valence-corrected chi connectivity index (χ1v) is 8.44. The van der Waals surface area contributed by atoms with E-state index in [1.165, 1.54) is 0 Å². The lowest BCUT2D eigenvalue weighted by Gasteiger charge is -2.20. The van der Waals surface area contributed by atoms with Gasteiger partial charge in [-0.2, -0.15) is 8.46 Å². The average Bonchev–Trinajstić information content (AvgIpc) is 2.03. The molecule has 13 heavy (non-hydrogen) atoms. The van der Waals surface area contributed by atoms with Gasteiger partial charge in [0, 0.05) is 11.3 Å². The lowest BCUT2D eigenvalue weighted by atomic mass is 10.2. The molecule has 0 radical (unpaired) electrons. The second-order valence-corrected chi connectivity index (χ2v) is 11.7. The Hall–Kier alpha value is -0.280. The topological polar surface area (TPSA) is 17.1 Å². The van der Waals surface area contributed by atoms with Crippen molar-refractivity contribution in [1.82, 2.24) is 0 Å². The summed E-state index contributed by atoms with van der Waals surface area (Å²) in [6.07, 6.45) is 4.15. The number of carbonyl (C=O) groups is 1. The number of hydrogen-bond donors (Lipinski definition) is 0. The smallest absolute Gasteiger partial charge is 0.171 e. The van der Waals surface area contributed by atoms with Crippen LogP contribution in [0.4, 0.5) is 0 Å². The van der Waals surface area contributed by atoms with Gasteiger partial charge in [-0.15, -0.1) is 0 Å². The molecule has 0 unspecified atom stereocenters. The molecule has 1 nitrogen and oxygen atoms in total. The van der Waals surface area contributed by atoms with Gasteiger partial charge in [-0.3, -0.25) is 4.79 Å². The third-order valence-electron chi connectivity index (χ3n) is 1.57. The largest absolute Gasteiger partial charge is 0.293 e. The van der Waals surface area contributed by atoms with Gasteiger partial charge in [-0.05, 0) is 27.3 Å². The zero-order valence-corrected chi connectivity index (χ0v) is 10.2. The Kier molecular flexibility index (Phi) is 3.56. The first kappa shape index (κ1) is 10.8. The fraction of sp³-hybridized carbons (Fsp3) is 0.300. The summed E-state index contributed by atoms with van der Waals surface area (Å²) in [5.74, 6) is 0.828. The zero-order valence-electron chi connectivity index (χ0n) is 7.79. The molecule has 0 saturated carbocycles. The lowest BCUT2D eigenvalue weighted by Crippen LogP contribution is -2.08. The molecule has 0 fully saturated rings. The number of halogens is 1. The molecule has 0 saturated heterocycles. The van der Waals surface area contributed by atoms with Gasteiger partial charge in [0.2, 0.25) is 0 Å². The van der Waals surface area contributed by atoms with Crippen molar-refractivity contribution in [2.75, 3.05) is 18.3 Å². The molecule has 1 rings (SSSR count). The summed E-state index contributed by atoms with van der Waals surface area (Å²) in [6, 6.07) is 9.43. The van der Waals surface area contributed by atoms with Crippen molar-refractivity contribution in [3.8, 4) is 0 Å². The van der Waals surface area contributed by atoms with Crippen molar-refractivity contribution in [2.24, 2.45) is 0 Å². The van der Waals surface area contributed by atoms with Crippen LogP contribution >= 0.6 is 23.3 Å². The summed E-state index contributed by atoms with van der Waals surface area (Å²) in [4.78, 5) is 11.7. The number of Topliss-reactive ketones (excluding diaryl/α,β-unsaturated/α-hetero) is 1. The van der Waals surface area contributed by atoms with Gasteiger partial charge in [-0.25, -0.2) is 0 Å². The van der Waals surface area contributed by atoms with Crippen LogP contribution in [0.15, 0.2) is 30.3 Å². The first-order chi connectivity index (χ1) is 5.99. The summed E-state index contributed by atoms with van der Waals surface area (Å²) >= 11 is 3.54. The molecular weight excluding hydrogens is 248 g/mol. The Morgan fingerprint density at radius 1 is 1.31 bits per heavy atom. The molecule has 0 aliphatic heterocycles. The van der Waals surface area contributed by atoms with Crippen LogP contribution in [0, 0.1) is 0 Å². The average molecular weight is 261 g/mol. The number of rotatable bonds is 3. The van der Waals surface area contributed by atoms with E-state index in [4.69, 9.17) is 0 Å². The van der Waals surface area contributed by atoms with Gasteiger partial charge >= 0.3 is 0 Å². The Morgan fingerprint density at radius 2 is 1.85 bits per heavy atom. The van der Waals surface area contributed by atoms with Crippen LogP contribution < -0.4 is 0 Å². The number of carbonyl (C=O) groups excluding carboxylic acids is 1. The number of hydrogen-bond acceptors (Lipinski definition) is 1. The maximum Gasteiger partial charge on any atom is 0.171 e. The molecule has 3 heteroatoms. The van der Waals surface area contributed by atoms with Crippen molar-refractivity contribution in [1.29, 1.82) is 0 Å². The molecular formula is C10H13BrOS. The van der Waals surface area contributed by atoms with E-state index in [9.17, 15) is 4.79 Å². The van der Waals surface area contributed by atoms with Crippen molar-refractivity contribution in [2.45, 2.75) is 0 Å². The van der Waals surface area contributed by atoms with Crippen molar-refractivity contribution in [3.05, 3.63) is 35.9 Å². The maximum absolute atomic E-state index is 11.7. The molecule has 0 aliphatic rings. The molecule has 0 N–H and O–H groups in total. The Labute approximate surface area is 88.1 Å². The van der Waals surface area contributed by atoms with E-state index in [2.05, 4.69) is 27.3 Å². The quantitative estimate of drug-likeness (QED) is 0.763. The number of ketones is 1. The lowest BCUT2D eigenvalue weighted by molar-refractivity contribution is 0.102. The number of benzene rings is 1. The second kappa shape index (κ2) is 4.29. The van der Waals surface area contributed by atoms with Crippen LogP contribution in [-0.4, -0.2) is 24.0 Å².